The molecular formula is C30H36ClN3O4. The van der Waals surface area contributed by atoms with Crippen molar-refractivity contribution in [1.82, 2.24) is 9.97 Å². The van der Waals surface area contributed by atoms with Gasteiger partial charge in [0.05, 0.1) is 6.42 Å². The number of benzene rings is 1. The molecule has 202 valence electrons. The first-order valence-electron chi connectivity index (χ1n) is 12.7. The first-order chi connectivity index (χ1) is 17.9. The van der Waals surface area contributed by atoms with Gasteiger partial charge < -0.3 is 15.2 Å². The van der Waals surface area contributed by atoms with Gasteiger partial charge in [-0.1, -0.05) is 25.4 Å². The lowest BCUT2D eigenvalue weighted by molar-refractivity contribution is -0.153. The van der Waals surface area contributed by atoms with Gasteiger partial charge in [0.15, 0.2) is 5.78 Å². The summed E-state index contributed by atoms with van der Waals surface area (Å²) < 4.78 is 11.0. The SMILES string of the molecule is CC(C)(C)OC(=O)Cc1cnccc1Cl.CC(C)C[C@H](N)COc1ccc2c(c1)C(=O)Cc1cnccc1-2. The summed E-state index contributed by atoms with van der Waals surface area (Å²) in [6.07, 6.45) is 8.16. The highest BCUT2D eigenvalue weighted by Crippen LogP contribution is 2.34. The smallest absolute Gasteiger partial charge is 0.310 e. The summed E-state index contributed by atoms with van der Waals surface area (Å²) in [5.74, 6) is 1.06. The first-order valence-corrected chi connectivity index (χ1v) is 13.1. The third-order valence-corrected chi connectivity index (χ3v) is 6.04. The van der Waals surface area contributed by atoms with E-state index in [0.29, 0.717) is 35.3 Å². The second kappa shape index (κ2) is 13.0. The molecule has 8 heteroatoms. The first kappa shape index (κ1) is 29.3. The molecule has 1 aliphatic carbocycles. The molecule has 7 nitrogen and oxygen atoms in total. The Morgan fingerprint density at radius 1 is 1.05 bits per heavy atom. The van der Waals surface area contributed by atoms with E-state index in [9.17, 15) is 9.59 Å². The number of Topliss-reactive ketones (excluding diaryl/α,β-unsaturated/α-hetero) is 1. The second-order valence-electron chi connectivity index (χ2n) is 10.8. The number of ketones is 1. The van der Waals surface area contributed by atoms with E-state index in [1.807, 2.05) is 45.0 Å². The van der Waals surface area contributed by atoms with Crippen molar-refractivity contribution in [3.05, 3.63) is 76.8 Å². The fourth-order valence-corrected chi connectivity index (χ4v) is 4.30. The Hall–Kier alpha value is -3.29. The van der Waals surface area contributed by atoms with Crippen LogP contribution in [0.4, 0.5) is 0 Å². The highest BCUT2D eigenvalue weighted by atomic mass is 35.5. The summed E-state index contributed by atoms with van der Waals surface area (Å²) in [5, 5.41) is 0.538. The second-order valence-corrected chi connectivity index (χ2v) is 11.2. The zero-order valence-electron chi connectivity index (χ0n) is 22.7. The van der Waals surface area contributed by atoms with Crippen molar-refractivity contribution in [2.45, 2.75) is 65.5 Å². The maximum absolute atomic E-state index is 12.4. The molecule has 4 rings (SSSR count). The minimum absolute atomic E-state index is 0.00790. The standard InChI is InChI=1S/C19H22N2O2.C11H14ClNO2/c1-12(2)7-14(20)11-23-15-3-4-17-16-5-6-21-10-13(16)8-19(22)18(17)9-15;1-11(2,3)15-10(14)6-8-7-13-5-4-9(8)12/h3-6,9-10,12,14H,7-8,11,20H2,1-2H3;4-5,7H,6H2,1-3H3/t14-;/m0./s1. The molecule has 0 unspecified atom stereocenters. The van der Waals surface area contributed by atoms with Crippen LogP contribution in [-0.4, -0.2) is 40.0 Å². The molecule has 3 aromatic rings. The molecule has 0 aliphatic heterocycles. The third-order valence-electron chi connectivity index (χ3n) is 5.67. The van der Waals surface area contributed by atoms with Gasteiger partial charge in [0.25, 0.3) is 0 Å². The Bertz CT molecular complexity index is 1270. The van der Waals surface area contributed by atoms with E-state index >= 15 is 0 Å². The van der Waals surface area contributed by atoms with Gasteiger partial charge in [0.2, 0.25) is 0 Å². The van der Waals surface area contributed by atoms with Gasteiger partial charge in [-0.05, 0) is 80.1 Å². The Kier molecular flexibility index (Phi) is 10.00. The number of fused-ring (bicyclic) bond motifs is 3. The lowest BCUT2D eigenvalue weighted by Gasteiger charge is -2.20. The van der Waals surface area contributed by atoms with E-state index in [-0.39, 0.29) is 24.2 Å². The highest BCUT2D eigenvalue weighted by molar-refractivity contribution is 6.31. The van der Waals surface area contributed by atoms with Crippen molar-refractivity contribution >= 4 is 23.4 Å². The largest absolute Gasteiger partial charge is 0.492 e. The van der Waals surface area contributed by atoms with Crippen molar-refractivity contribution in [2.75, 3.05) is 6.61 Å². The molecular weight excluding hydrogens is 502 g/mol. The number of esters is 1. The average Bonchev–Trinajstić information content (AvgIpc) is 2.83. The van der Waals surface area contributed by atoms with Gasteiger partial charge in [-0.15, -0.1) is 0 Å². The molecule has 0 saturated carbocycles. The van der Waals surface area contributed by atoms with E-state index in [1.165, 1.54) is 0 Å². The number of nitrogens with two attached hydrogens (primary N) is 1. The predicted molar refractivity (Wildman–Crippen MR) is 149 cm³/mol. The molecule has 0 amide bonds. The molecule has 2 aromatic heterocycles. The number of nitrogens with zero attached hydrogens (tertiary/aromatic N) is 2. The normalized spacial score (nSPS) is 13.1. The van der Waals surface area contributed by atoms with Crippen LogP contribution in [0, 0.1) is 5.92 Å². The zero-order chi connectivity index (χ0) is 27.9. The van der Waals surface area contributed by atoms with Crippen LogP contribution in [0.15, 0.2) is 55.1 Å². The maximum atomic E-state index is 12.4. The van der Waals surface area contributed by atoms with Crippen molar-refractivity contribution in [1.29, 1.82) is 0 Å². The van der Waals surface area contributed by atoms with E-state index in [0.717, 1.165) is 28.7 Å². The van der Waals surface area contributed by atoms with Crippen LogP contribution in [0.3, 0.4) is 0 Å². The molecule has 0 radical (unpaired) electrons. The molecule has 2 N–H and O–H groups in total. The van der Waals surface area contributed by atoms with E-state index in [1.54, 1.807) is 30.9 Å². The molecule has 0 bridgehead atoms. The molecule has 1 aliphatic rings. The maximum Gasteiger partial charge on any atom is 0.310 e. The monoisotopic (exact) mass is 537 g/mol. The van der Waals surface area contributed by atoms with Crippen molar-refractivity contribution < 1.29 is 19.1 Å². The number of halogens is 1. The van der Waals surface area contributed by atoms with Crippen LogP contribution in [0.2, 0.25) is 5.02 Å². The lowest BCUT2D eigenvalue weighted by Crippen LogP contribution is -2.29. The van der Waals surface area contributed by atoms with Gasteiger partial charge in [0.1, 0.15) is 18.0 Å². The molecule has 2 heterocycles. The quantitative estimate of drug-likeness (QED) is 0.376. The number of hydrogen-bond donors (Lipinski definition) is 1. The number of carbonyl (C=O) groups excluding carboxylic acids is 2. The van der Waals surface area contributed by atoms with Crippen LogP contribution >= 0.6 is 11.6 Å². The third kappa shape index (κ3) is 8.64. The number of carbonyl (C=O) groups is 2. The Balaban J connectivity index is 0.000000232. The molecule has 0 fully saturated rings. The predicted octanol–water partition coefficient (Wildman–Crippen LogP) is 5.86. The van der Waals surface area contributed by atoms with Gasteiger partial charge in [0, 0.05) is 53.4 Å². The Labute approximate surface area is 229 Å². The van der Waals surface area contributed by atoms with Gasteiger partial charge in [-0.3, -0.25) is 19.6 Å². The molecule has 38 heavy (non-hydrogen) atoms. The van der Waals surface area contributed by atoms with E-state index in [4.69, 9.17) is 26.8 Å². The molecule has 0 saturated heterocycles. The summed E-state index contributed by atoms with van der Waals surface area (Å²) >= 11 is 5.89. The highest BCUT2D eigenvalue weighted by Gasteiger charge is 2.23. The summed E-state index contributed by atoms with van der Waals surface area (Å²) in [5.41, 5.74) is 10.0. The fourth-order valence-electron chi connectivity index (χ4n) is 4.13. The number of hydrogen-bond acceptors (Lipinski definition) is 7. The average molecular weight is 538 g/mol. The molecule has 1 atom stereocenters. The number of rotatable bonds is 7. The Morgan fingerprint density at radius 3 is 2.45 bits per heavy atom. The summed E-state index contributed by atoms with van der Waals surface area (Å²) in [6, 6.07) is 9.32. The number of ether oxygens (including phenoxy) is 2. The lowest BCUT2D eigenvalue weighted by atomic mass is 9.86. The Morgan fingerprint density at radius 2 is 1.76 bits per heavy atom. The van der Waals surface area contributed by atoms with Crippen LogP contribution in [0.5, 0.6) is 5.75 Å². The van der Waals surface area contributed by atoms with Crippen LogP contribution in [0.25, 0.3) is 11.1 Å². The topological polar surface area (TPSA) is 104 Å². The van der Waals surface area contributed by atoms with Gasteiger partial charge >= 0.3 is 5.97 Å². The van der Waals surface area contributed by atoms with Crippen molar-refractivity contribution in [3.63, 3.8) is 0 Å². The minimum Gasteiger partial charge on any atom is -0.492 e. The van der Waals surface area contributed by atoms with E-state index < -0.39 is 5.60 Å². The number of pyridine rings is 2. The number of aromatic nitrogens is 2. The van der Waals surface area contributed by atoms with Gasteiger partial charge in [-0.2, -0.15) is 0 Å². The van der Waals surface area contributed by atoms with Crippen molar-refractivity contribution in [2.24, 2.45) is 11.7 Å². The van der Waals surface area contributed by atoms with Gasteiger partial charge in [-0.25, -0.2) is 0 Å². The zero-order valence-corrected chi connectivity index (χ0v) is 23.4. The van der Waals surface area contributed by atoms with Crippen molar-refractivity contribution in [3.8, 4) is 16.9 Å². The van der Waals surface area contributed by atoms with Crippen LogP contribution in [-0.2, 0) is 22.4 Å². The summed E-state index contributed by atoms with van der Waals surface area (Å²) in [6.45, 7) is 10.2. The summed E-state index contributed by atoms with van der Waals surface area (Å²) in [7, 11) is 0. The van der Waals surface area contributed by atoms with E-state index in [2.05, 4.69) is 23.8 Å². The minimum atomic E-state index is -0.466. The fraction of sp³-hybridized carbons (Fsp3) is 0.400. The molecule has 1 aromatic carbocycles. The summed E-state index contributed by atoms with van der Waals surface area (Å²) in [4.78, 5) is 31.9. The molecule has 0 spiro atoms. The van der Waals surface area contributed by atoms with Crippen LogP contribution < -0.4 is 10.5 Å². The van der Waals surface area contributed by atoms with Crippen LogP contribution in [0.1, 0.15) is 62.5 Å².